The van der Waals surface area contributed by atoms with E-state index < -0.39 is 0 Å². The minimum Gasteiger partial charge on any atom is -0.345 e. The van der Waals surface area contributed by atoms with Gasteiger partial charge in [-0.15, -0.1) is 0 Å². The van der Waals surface area contributed by atoms with Crippen LogP contribution in [0.25, 0.3) is 16.9 Å². The van der Waals surface area contributed by atoms with Crippen LogP contribution in [0.1, 0.15) is 27.3 Å². The minimum absolute atomic E-state index is 0.263. The molecule has 6 heteroatoms. The molecule has 6 nitrogen and oxygen atoms in total. The number of amides is 1. The van der Waals surface area contributed by atoms with Gasteiger partial charge in [0.25, 0.3) is 5.91 Å². The highest BCUT2D eigenvalue weighted by Crippen LogP contribution is 2.25. The third-order valence-corrected chi connectivity index (χ3v) is 4.40. The second kappa shape index (κ2) is 6.99. The third-order valence-electron chi connectivity index (χ3n) is 4.40. The highest BCUT2D eigenvalue weighted by molar-refractivity contribution is 5.91. The van der Waals surface area contributed by atoms with Crippen molar-refractivity contribution >= 4 is 11.6 Å². The van der Waals surface area contributed by atoms with E-state index in [-0.39, 0.29) is 5.91 Å². The van der Waals surface area contributed by atoms with Crippen LogP contribution in [0.4, 0.5) is 0 Å². The first kappa shape index (κ1) is 16.9. The number of aromatic nitrogens is 4. The zero-order valence-electron chi connectivity index (χ0n) is 15.2. The quantitative estimate of drug-likeness (QED) is 0.608. The molecule has 3 aromatic heterocycles. The van der Waals surface area contributed by atoms with Crippen molar-refractivity contribution in [3.05, 3.63) is 83.7 Å². The summed E-state index contributed by atoms with van der Waals surface area (Å²) in [6, 6.07) is 12.2. The van der Waals surface area contributed by atoms with Crippen LogP contribution >= 0.6 is 0 Å². The molecule has 134 valence electrons. The van der Waals surface area contributed by atoms with Gasteiger partial charge in [-0.1, -0.05) is 35.9 Å². The van der Waals surface area contributed by atoms with Crippen LogP contribution < -0.4 is 5.32 Å². The van der Waals surface area contributed by atoms with Gasteiger partial charge in [-0.05, 0) is 25.5 Å². The van der Waals surface area contributed by atoms with E-state index >= 15 is 0 Å². The molecule has 0 aliphatic heterocycles. The van der Waals surface area contributed by atoms with Crippen molar-refractivity contribution in [2.75, 3.05) is 0 Å². The van der Waals surface area contributed by atoms with Crippen molar-refractivity contribution in [1.29, 1.82) is 0 Å². The van der Waals surface area contributed by atoms with Gasteiger partial charge in [-0.2, -0.15) is 0 Å². The number of hydrogen-bond donors (Lipinski definition) is 1. The molecule has 3 heterocycles. The van der Waals surface area contributed by atoms with Gasteiger partial charge in [-0.25, -0.2) is 9.97 Å². The van der Waals surface area contributed by atoms with Crippen molar-refractivity contribution in [2.45, 2.75) is 20.4 Å². The van der Waals surface area contributed by atoms with E-state index in [0.29, 0.717) is 12.2 Å². The summed E-state index contributed by atoms with van der Waals surface area (Å²) in [5.41, 5.74) is 6.26. The Morgan fingerprint density at radius 3 is 2.56 bits per heavy atom. The Balaban J connectivity index is 1.73. The number of nitrogens with one attached hydrogen (secondary N) is 1. The summed E-state index contributed by atoms with van der Waals surface area (Å²) in [6.45, 7) is 4.43. The van der Waals surface area contributed by atoms with Crippen LogP contribution in [0.5, 0.6) is 0 Å². The number of pyridine rings is 1. The number of rotatable bonds is 4. The number of fused-ring (bicyclic) bond motifs is 1. The Hall–Kier alpha value is -3.54. The molecule has 0 bridgehead atoms. The molecule has 0 atom stereocenters. The Morgan fingerprint density at radius 1 is 1.04 bits per heavy atom. The molecule has 0 fully saturated rings. The first-order valence-electron chi connectivity index (χ1n) is 8.70. The first-order chi connectivity index (χ1) is 13.1. The molecule has 0 saturated carbocycles. The largest absolute Gasteiger partial charge is 0.345 e. The number of nitrogens with zero attached hydrogens (tertiary/aromatic N) is 4. The molecule has 27 heavy (non-hydrogen) atoms. The van der Waals surface area contributed by atoms with Crippen LogP contribution in [0, 0.1) is 13.8 Å². The number of carbonyl (C=O) groups excluding carboxylic acids is 1. The monoisotopic (exact) mass is 357 g/mol. The van der Waals surface area contributed by atoms with E-state index in [9.17, 15) is 4.79 Å². The molecule has 0 radical (unpaired) electrons. The van der Waals surface area contributed by atoms with E-state index in [2.05, 4.69) is 46.5 Å². The Bertz CT molecular complexity index is 1100. The van der Waals surface area contributed by atoms with Gasteiger partial charge in [0, 0.05) is 24.2 Å². The number of hydrogen-bond acceptors (Lipinski definition) is 4. The molecule has 4 rings (SSSR count). The summed E-state index contributed by atoms with van der Waals surface area (Å²) in [5, 5.41) is 2.93. The van der Waals surface area contributed by atoms with Crippen LogP contribution in [0.15, 0.2) is 61.2 Å². The van der Waals surface area contributed by atoms with E-state index in [1.165, 1.54) is 18.0 Å². The molecule has 0 aliphatic carbocycles. The second-order valence-electron chi connectivity index (χ2n) is 6.48. The Kier molecular flexibility index (Phi) is 4.38. The molecule has 0 spiro atoms. The minimum atomic E-state index is -0.263. The number of aryl methyl sites for hydroxylation is 2. The SMILES string of the molecule is Cc1ccc(-c2nc3ccc(C)cn3c2CNC(=O)c2cnccn2)cc1. The maximum atomic E-state index is 12.4. The zero-order valence-corrected chi connectivity index (χ0v) is 15.2. The van der Waals surface area contributed by atoms with Gasteiger partial charge < -0.3 is 9.72 Å². The lowest BCUT2D eigenvalue weighted by Gasteiger charge is -2.08. The van der Waals surface area contributed by atoms with Gasteiger partial charge in [0.15, 0.2) is 0 Å². The molecular weight excluding hydrogens is 338 g/mol. The number of benzene rings is 1. The smallest absolute Gasteiger partial charge is 0.271 e. The van der Waals surface area contributed by atoms with Gasteiger partial charge in [0.1, 0.15) is 11.3 Å². The normalized spacial score (nSPS) is 10.9. The number of imidazole rings is 1. The average molecular weight is 357 g/mol. The lowest BCUT2D eigenvalue weighted by atomic mass is 10.1. The highest BCUT2D eigenvalue weighted by atomic mass is 16.1. The maximum absolute atomic E-state index is 12.4. The van der Waals surface area contributed by atoms with Gasteiger partial charge in [0.2, 0.25) is 0 Å². The second-order valence-corrected chi connectivity index (χ2v) is 6.48. The van der Waals surface area contributed by atoms with Crippen molar-refractivity contribution in [1.82, 2.24) is 24.7 Å². The molecule has 4 aromatic rings. The lowest BCUT2D eigenvalue weighted by molar-refractivity contribution is 0.0945. The van der Waals surface area contributed by atoms with E-state index in [4.69, 9.17) is 4.98 Å². The maximum Gasteiger partial charge on any atom is 0.271 e. The van der Waals surface area contributed by atoms with Gasteiger partial charge in [0.05, 0.1) is 24.1 Å². The van der Waals surface area contributed by atoms with E-state index in [1.54, 1.807) is 6.20 Å². The fourth-order valence-corrected chi connectivity index (χ4v) is 2.98. The molecule has 0 saturated heterocycles. The van der Waals surface area contributed by atoms with Crippen molar-refractivity contribution in [3.63, 3.8) is 0 Å². The van der Waals surface area contributed by atoms with E-state index in [1.807, 2.05) is 29.7 Å². The average Bonchev–Trinajstić information content (AvgIpc) is 3.05. The van der Waals surface area contributed by atoms with Crippen LogP contribution in [-0.2, 0) is 6.54 Å². The van der Waals surface area contributed by atoms with Gasteiger partial charge >= 0.3 is 0 Å². The first-order valence-corrected chi connectivity index (χ1v) is 8.70. The predicted molar refractivity (Wildman–Crippen MR) is 103 cm³/mol. The topological polar surface area (TPSA) is 72.2 Å². The third kappa shape index (κ3) is 3.42. The van der Waals surface area contributed by atoms with Crippen molar-refractivity contribution < 1.29 is 4.79 Å². The molecule has 1 amide bonds. The lowest BCUT2D eigenvalue weighted by Crippen LogP contribution is -2.24. The standard InChI is InChI=1S/C21H19N5O/c1-14-3-6-16(7-4-14)20-18(26-13-15(2)5-8-19(26)25-20)12-24-21(27)17-11-22-9-10-23-17/h3-11,13H,12H2,1-2H3,(H,24,27). The van der Waals surface area contributed by atoms with Crippen LogP contribution in [-0.4, -0.2) is 25.3 Å². The summed E-state index contributed by atoms with van der Waals surface area (Å²) in [7, 11) is 0. The summed E-state index contributed by atoms with van der Waals surface area (Å²) in [6.07, 6.45) is 6.53. The van der Waals surface area contributed by atoms with Crippen molar-refractivity contribution in [2.24, 2.45) is 0 Å². The molecular formula is C21H19N5O. The Labute approximate surface area is 156 Å². The summed E-state index contributed by atoms with van der Waals surface area (Å²) >= 11 is 0. The van der Waals surface area contributed by atoms with Crippen molar-refractivity contribution in [3.8, 4) is 11.3 Å². The Morgan fingerprint density at radius 2 is 1.81 bits per heavy atom. The van der Waals surface area contributed by atoms with Crippen LogP contribution in [0.3, 0.4) is 0 Å². The van der Waals surface area contributed by atoms with Crippen LogP contribution in [0.2, 0.25) is 0 Å². The number of carbonyl (C=O) groups is 1. The summed E-state index contributed by atoms with van der Waals surface area (Å²) in [4.78, 5) is 25.2. The predicted octanol–water partition coefficient (Wildman–Crippen LogP) is 3.34. The fraction of sp³-hybridized carbons (Fsp3) is 0.143. The van der Waals surface area contributed by atoms with E-state index in [0.717, 1.165) is 28.2 Å². The fourth-order valence-electron chi connectivity index (χ4n) is 2.98. The highest BCUT2D eigenvalue weighted by Gasteiger charge is 2.16. The molecule has 0 aliphatic rings. The summed E-state index contributed by atoms with van der Waals surface area (Å²) in [5.74, 6) is -0.263. The molecule has 1 aromatic carbocycles. The van der Waals surface area contributed by atoms with Gasteiger partial charge in [-0.3, -0.25) is 9.78 Å². The zero-order chi connectivity index (χ0) is 18.8. The molecule has 1 N–H and O–H groups in total. The molecule has 0 unspecified atom stereocenters. The summed E-state index contributed by atoms with van der Waals surface area (Å²) < 4.78 is 2.03.